The molecule has 0 spiro atoms. The van der Waals surface area contributed by atoms with E-state index in [1.54, 1.807) is 0 Å². The molecule has 1 atom stereocenters. The van der Waals surface area contributed by atoms with E-state index >= 15 is 0 Å². The highest BCUT2D eigenvalue weighted by Gasteiger charge is 2.06. The van der Waals surface area contributed by atoms with E-state index in [0.717, 1.165) is 12.4 Å². The van der Waals surface area contributed by atoms with Crippen LogP contribution >= 0.6 is 0 Å². The van der Waals surface area contributed by atoms with Gasteiger partial charge in [0.1, 0.15) is 5.82 Å². The van der Waals surface area contributed by atoms with E-state index in [1.807, 2.05) is 17.8 Å². The lowest BCUT2D eigenvalue weighted by atomic mass is 10.0. The highest BCUT2D eigenvalue weighted by molar-refractivity contribution is 5.36. The number of rotatable bonds is 4. The molecule has 0 aliphatic carbocycles. The molecule has 90 valence electrons. The summed E-state index contributed by atoms with van der Waals surface area (Å²) in [6.45, 7) is 5.18. The number of anilines is 1. The Bertz CT molecular complexity index is 454. The third kappa shape index (κ3) is 2.87. The average Bonchev–Trinajstić information content (AvgIpc) is 2.67. The van der Waals surface area contributed by atoms with E-state index < -0.39 is 0 Å². The van der Waals surface area contributed by atoms with Crippen LogP contribution in [0.5, 0.6) is 0 Å². The second kappa shape index (κ2) is 5.04. The molecule has 1 N–H and O–H groups in total. The molecule has 2 aromatic rings. The van der Waals surface area contributed by atoms with Crippen molar-refractivity contribution in [1.29, 1.82) is 0 Å². The summed E-state index contributed by atoms with van der Waals surface area (Å²) in [5.41, 5.74) is 2.52. The molecule has 1 aromatic carbocycles. The Morgan fingerprint density at radius 1 is 1.29 bits per heavy atom. The van der Waals surface area contributed by atoms with Gasteiger partial charge in [0.05, 0.1) is 0 Å². The Labute approximate surface area is 102 Å². The first-order valence-corrected chi connectivity index (χ1v) is 5.96. The van der Waals surface area contributed by atoms with Gasteiger partial charge < -0.3 is 5.32 Å². The van der Waals surface area contributed by atoms with E-state index in [0.29, 0.717) is 5.92 Å². The van der Waals surface area contributed by atoms with Gasteiger partial charge in [0.15, 0.2) is 0 Å². The smallest absolute Gasteiger partial charge is 0.148 e. The summed E-state index contributed by atoms with van der Waals surface area (Å²) in [6, 6.07) is 12.6. The third-order valence-electron chi connectivity index (χ3n) is 3.07. The maximum absolute atomic E-state index is 4.38. The van der Waals surface area contributed by atoms with Crippen molar-refractivity contribution >= 4 is 5.82 Å². The molecule has 0 aliphatic rings. The van der Waals surface area contributed by atoms with Crippen LogP contribution in [0.1, 0.15) is 24.1 Å². The van der Waals surface area contributed by atoms with E-state index in [-0.39, 0.29) is 0 Å². The summed E-state index contributed by atoms with van der Waals surface area (Å²) >= 11 is 0. The van der Waals surface area contributed by atoms with Crippen molar-refractivity contribution in [3.05, 3.63) is 47.7 Å². The van der Waals surface area contributed by atoms with Gasteiger partial charge in [-0.1, -0.05) is 37.3 Å². The maximum Gasteiger partial charge on any atom is 0.148 e. The highest BCUT2D eigenvalue weighted by Crippen LogP contribution is 2.15. The second-order valence-corrected chi connectivity index (χ2v) is 4.49. The Balaban J connectivity index is 1.94. The number of nitrogens with zero attached hydrogens (tertiary/aromatic N) is 2. The molecular weight excluding hydrogens is 210 g/mol. The van der Waals surface area contributed by atoms with Gasteiger partial charge in [-0.05, 0) is 18.4 Å². The standard InChI is InChI=1S/C14H19N3/c1-11(13-7-5-4-6-8-13)10-15-14-9-12(2)17(3)16-14/h4-9,11H,10H2,1-3H3,(H,15,16)/t11-/m0/s1. The first-order chi connectivity index (χ1) is 8.16. The van der Waals surface area contributed by atoms with Gasteiger partial charge in [-0.2, -0.15) is 5.10 Å². The number of aryl methyl sites for hydroxylation is 2. The topological polar surface area (TPSA) is 29.9 Å². The van der Waals surface area contributed by atoms with Crippen LogP contribution in [0.2, 0.25) is 0 Å². The van der Waals surface area contributed by atoms with Crippen LogP contribution in [0.15, 0.2) is 36.4 Å². The lowest BCUT2D eigenvalue weighted by molar-refractivity contribution is 0.735. The van der Waals surface area contributed by atoms with Gasteiger partial charge in [-0.15, -0.1) is 0 Å². The Morgan fingerprint density at radius 3 is 2.59 bits per heavy atom. The van der Waals surface area contributed by atoms with Crippen molar-refractivity contribution in [2.45, 2.75) is 19.8 Å². The van der Waals surface area contributed by atoms with Crippen LogP contribution < -0.4 is 5.32 Å². The van der Waals surface area contributed by atoms with Crippen molar-refractivity contribution in [3.63, 3.8) is 0 Å². The molecular formula is C14H19N3. The molecule has 2 rings (SSSR count). The summed E-state index contributed by atoms with van der Waals surface area (Å²) in [6.07, 6.45) is 0. The second-order valence-electron chi connectivity index (χ2n) is 4.49. The molecule has 1 aromatic heterocycles. The fraction of sp³-hybridized carbons (Fsp3) is 0.357. The van der Waals surface area contributed by atoms with Crippen LogP contribution in [-0.2, 0) is 7.05 Å². The van der Waals surface area contributed by atoms with Crippen molar-refractivity contribution in [2.24, 2.45) is 7.05 Å². The van der Waals surface area contributed by atoms with Gasteiger partial charge in [0.2, 0.25) is 0 Å². The zero-order chi connectivity index (χ0) is 12.3. The Morgan fingerprint density at radius 2 is 2.00 bits per heavy atom. The van der Waals surface area contributed by atoms with Crippen LogP contribution in [0.25, 0.3) is 0 Å². The van der Waals surface area contributed by atoms with Gasteiger partial charge in [0, 0.05) is 25.4 Å². The maximum atomic E-state index is 4.38. The number of hydrogen-bond donors (Lipinski definition) is 1. The molecule has 0 saturated heterocycles. The number of hydrogen-bond acceptors (Lipinski definition) is 2. The summed E-state index contributed by atoms with van der Waals surface area (Å²) in [7, 11) is 1.96. The quantitative estimate of drug-likeness (QED) is 0.873. The molecule has 0 unspecified atom stereocenters. The van der Waals surface area contributed by atoms with Crippen molar-refractivity contribution in [1.82, 2.24) is 9.78 Å². The predicted molar refractivity (Wildman–Crippen MR) is 71.3 cm³/mol. The largest absolute Gasteiger partial charge is 0.368 e. The lowest BCUT2D eigenvalue weighted by Crippen LogP contribution is -2.10. The summed E-state index contributed by atoms with van der Waals surface area (Å²) in [5, 5.41) is 7.75. The minimum absolute atomic E-state index is 0.485. The van der Waals surface area contributed by atoms with Gasteiger partial charge in [-0.25, -0.2) is 0 Å². The predicted octanol–water partition coefficient (Wildman–Crippen LogP) is 2.94. The average molecular weight is 229 g/mol. The normalized spacial score (nSPS) is 12.4. The molecule has 0 bridgehead atoms. The Kier molecular flexibility index (Phi) is 3.47. The Hall–Kier alpha value is -1.77. The lowest BCUT2D eigenvalue weighted by Gasteiger charge is -2.12. The fourth-order valence-electron chi connectivity index (χ4n) is 1.80. The SMILES string of the molecule is Cc1cc(NC[C@H](C)c2ccccc2)nn1C. The molecule has 0 amide bonds. The van der Waals surface area contributed by atoms with Crippen LogP contribution in [-0.4, -0.2) is 16.3 Å². The van der Waals surface area contributed by atoms with Crippen molar-refractivity contribution in [2.75, 3.05) is 11.9 Å². The summed E-state index contributed by atoms with van der Waals surface area (Å²) in [5.74, 6) is 1.44. The zero-order valence-corrected chi connectivity index (χ0v) is 10.6. The van der Waals surface area contributed by atoms with E-state index in [1.165, 1.54) is 11.3 Å². The molecule has 17 heavy (non-hydrogen) atoms. The fourth-order valence-corrected chi connectivity index (χ4v) is 1.80. The van der Waals surface area contributed by atoms with Gasteiger partial charge >= 0.3 is 0 Å². The molecule has 0 radical (unpaired) electrons. The molecule has 0 fully saturated rings. The molecule has 0 aliphatic heterocycles. The number of benzene rings is 1. The van der Waals surface area contributed by atoms with E-state index in [4.69, 9.17) is 0 Å². The number of nitrogens with one attached hydrogen (secondary N) is 1. The monoisotopic (exact) mass is 229 g/mol. The minimum Gasteiger partial charge on any atom is -0.368 e. The molecule has 3 nitrogen and oxygen atoms in total. The van der Waals surface area contributed by atoms with E-state index in [9.17, 15) is 0 Å². The first-order valence-electron chi connectivity index (χ1n) is 5.96. The molecule has 1 heterocycles. The highest BCUT2D eigenvalue weighted by atomic mass is 15.3. The van der Waals surface area contributed by atoms with Crippen LogP contribution in [0.3, 0.4) is 0 Å². The van der Waals surface area contributed by atoms with Crippen molar-refractivity contribution < 1.29 is 0 Å². The van der Waals surface area contributed by atoms with Crippen LogP contribution in [0, 0.1) is 6.92 Å². The zero-order valence-electron chi connectivity index (χ0n) is 10.6. The number of aromatic nitrogens is 2. The van der Waals surface area contributed by atoms with Crippen LogP contribution in [0.4, 0.5) is 5.82 Å². The summed E-state index contributed by atoms with van der Waals surface area (Å²) in [4.78, 5) is 0. The minimum atomic E-state index is 0.485. The molecule has 3 heteroatoms. The van der Waals surface area contributed by atoms with E-state index in [2.05, 4.69) is 54.6 Å². The van der Waals surface area contributed by atoms with Gasteiger partial charge in [-0.3, -0.25) is 4.68 Å². The third-order valence-corrected chi connectivity index (χ3v) is 3.07. The molecule has 0 saturated carbocycles. The first kappa shape index (κ1) is 11.7. The van der Waals surface area contributed by atoms with Crippen molar-refractivity contribution in [3.8, 4) is 0 Å². The van der Waals surface area contributed by atoms with Gasteiger partial charge in [0.25, 0.3) is 0 Å². The summed E-state index contributed by atoms with van der Waals surface area (Å²) < 4.78 is 1.88.